The number of methoxy groups -OCH3 is 2. The van der Waals surface area contributed by atoms with E-state index < -0.39 is 19.7 Å². The van der Waals surface area contributed by atoms with Crippen molar-refractivity contribution in [3.8, 4) is 6.07 Å². The number of carbonyl (C=O) groups excluding carboxylic acids is 1. The van der Waals surface area contributed by atoms with Crippen LogP contribution in [0.3, 0.4) is 0 Å². The summed E-state index contributed by atoms with van der Waals surface area (Å²) in [5, 5.41) is 10.1. The van der Waals surface area contributed by atoms with Crippen LogP contribution in [0.25, 0.3) is 0 Å². The Morgan fingerprint density at radius 2 is 1.74 bits per heavy atom. The van der Waals surface area contributed by atoms with Crippen LogP contribution in [0.2, 0.25) is 16.6 Å². The monoisotopic (exact) mass is 503 g/mol. The van der Waals surface area contributed by atoms with E-state index in [1.165, 1.54) is 7.11 Å². The van der Waals surface area contributed by atoms with E-state index in [1.807, 2.05) is 18.2 Å². The van der Waals surface area contributed by atoms with Crippen molar-refractivity contribution in [1.29, 1.82) is 5.26 Å². The molecule has 0 amide bonds. The molecule has 198 valence electrons. The van der Waals surface area contributed by atoms with E-state index >= 15 is 0 Å². The van der Waals surface area contributed by atoms with Crippen LogP contribution in [0.4, 0.5) is 0 Å². The number of nitrogens with zero attached hydrogens (tertiary/aromatic N) is 1. The molecule has 0 radical (unpaired) electrons. The third kappa shape index (κ3) is 7.65. The topological polar surface area (TPSA) is 68.5 Å². The molecule has 0 aliphatic heterocycles. The van der Waals surface area contributed by atoms with Gasteiger partial charge >= 0.3 is 5.97 Å². The van der Waals surface area contributed by atoms with Crippen LogP contribution < -0.4 is 0 Å². The summed E-state index contributed by atoms with van der Waals surface area (Å²) in [5.74, 6) is -0.260. The van der Waals surface area contributed by atoms with Gasteiger partial charge in [-0.05, 0) is 54.3 Å². The largest absolute Gasteiger partial charge is 0.468 e. The van der Waals surface area contributed by atoms with Crippen molar-refractivity contribution in [1.82, 2.24) is 0 Å². The molecule has 0 spiro atoms. The third-order valence-corrected chi connectivity index (χ3v) is 13.9. The lowest BCUT2D eigenvalue weighted by atomic mass is 9.78. The highest BCUT2D eigenvalue weighted by Crippen LogP contribution is 2.44. The number of rotatable bonds is 8. The van der Waals surface area contributed by atoms with Gasteiger partial charge in [0, 0.05) is 13.5 Å². The number of ether oxygens (including phenoxy) is 2. The molecule has 0 aromatic carbocycles. The van der Waals surface area contributed by atoms with Crippen LogP contribution in [0.1, 0.15) is 81.1 Å². The Morgan fingerprint density at radius 3 is 2.23 bits per heavy atom. The van der Waals surface area contributed by atoms with Crippen molar-refractivity contribution in [2.75, 3.05) is 20.8 Å². The molecule has 0 aromatic rings. The lowest BCUT2D eigenvalue weighted by Crippen LogP contribution is -2.51. The summed E-state index contributed by atoms with van der Waals surface area (Å²) in [6.45, 7) is 18.7. The molecular formula is C29H49NO4Si. The van der Waals surface area contributed by atoms with Gasteiger partial charge in [0.05, 0.1) is 25.9 Å². The minimum absolute atomic E-state index is 0.0966. The van der Waals surface area contributed by atoms with E-state index in [0.717, 1.165) is 24.0 Å². The fourth-order valence-electron chi connectivity index (χ4n) is 5.76. The fourth-order valence-corrected chi connectivity index (χ4v) is 11.4. The van der Waals surface area contributed by atoms with Gasteiger partial charge in [0.1, 0.15) is 0 Å². The lowest BCUT2D eigenvalue weighted by molar-refractivity contribution is -0.149. The standard InChI is InChI=1S/C29H49NO4Si/c1-21(2)35(22(3)4,23(5)6)34-27-16-15-24(7)26(19-32-9)18-29(20-30,28(31)33-10)17-13-11-12-14-25(27)8/h11-14,21-23,25,27H,15-19H2,1-10H3/b13-11-,14-12+,26-24+/t25-,27-,29+/m0/s1. The van der Waals surface area contributed by atoms with Gasteiger partial charge in [-0.1, -0.05) is 78.3 Å². The van der Waals surface area contributed by atoms with Gasteiger partial charge in [-0.2, -0.15) is 5.26 Å². The summed E-state index contributed by atoms with van der Waals surface area (Å²) in [7, 11) is 0.939. The predicted octanol–water partition coefficient (Wildman–Crippen LogP) is 7.52. The van der Waals surface area contributed by atoms with Gasteiger partial charge in [0.15, 0.2) is 5.41 Å². The van der Waals surface area contributed by atoms with Crippen LogP contribution in [0.15, 0.2) is 35.5 Å². The first-order chi connectivity index (χ1) is 16.4. The number of allylic oxidation sites excluding steroid dienone is 4. The zero-order chi connectivity index (χ0) is 26.8. The molecular weight excluding hydrogens is 454 g/mol. The number of hydrogen-bond donors (Lipinski definition) is 0. The van der Waals surface area contributed by atoms with E-state index in [9.17, 15) is 10.1 Å². The second kappa shape index (κ2) is 14.2. The molecule has 1 aliphatic rings. The second-order valence-corrected chi connectivity index (χ2v) is 16.5. The van der Waals surface area contributed by atoms with Gasteiger partial charge in [0.25, 0.3) is 0 Å². The molecule has 1 aliphatic carbocycles. The Balaban J connectivity index is 3.52. The van der Waals surface area contributed by atoms with E-state index in [0.29, 0.717) is 36.1 Å². The number of esters is 1. The highest BCUT2D eigenvalue weighted by Gasteiger charge is 2.47. The zero-order valence-electron chi connectivity index (χ0n) is 23.8. The summed E-state index contributed by atoms with van der Waals surface area (Å²) in [6, 6.07) is 2.27. The van der Waals surface area contributed by atoms with E-state index in [4.69, 9.17) is 13.9 Å². The van der Waals surface area contributed by atoms with E-state index in [-0.39, 0.29) is 12.0 Å². The van der Waals surface area contributed by atoms with Gasteiger partial charge in [-0.3, -0.25) is 4.79 Å². The predicted molar refractivity (Wildman–Crippen MR) is 146 cm³/mol. The smallest absolute Gasteiger partial charge is 0.326 e. The summed E-state index contributed by atoms with van der Waals surface area (Å²) >= 11 is 0. The average molecular weight is 504 g/mol. The third-order valence-electron chi connectivity index (χ3n) is 7.81. The normalized spacial score (nSPS) is 28.7. The van der Waals surface area contributed by atoms with Gasteiger partial charge in [-0.15, -0.1) is 0 Å². The van der Waals surface area contributed by atoms with Crippen molar-refractivity contribution in [3.63, 3.8) is 0 Å². The molecule has 1 rings (SSSR count). The lowest BCUT2D eigenvalue weighted by Gasteiger charge is -2.45. The molecule has 5 nitrogen and oxygen atoms in total. The Hall–Kier alpha value is -1.68. The summed E-state index contributed by atoms with van der Waals surface area (Å²) < 4.78 is 17.8. The number of carbonyl (C=O) groups is 1. The second-order valence-electron chi connectivity index (χ2n) is 11.1. The van der Waals surface area contributed by atoms with Crippen LogP contribution in [-0.2, 0) is 18.7 Å². The molecule has 0 heterocycles. The molecule has 3 atom stereocenters. The van der Waals surface area contributed by atoms with Crippen LogP contribution in [0, 0.1) is 22.7 Å². The highest BCUT2D eigenvalue weighted by molar-refractivity contribution is 6.77. The highest BCUT2D eigenvalue weighted by atomic mass is 28.4. The maximum atomic E-state index is 12.7. The fraction of sp³-hybridized carbons (Fsp3) is 0.724. The first-order valence-electron chi connectivity index (χ1n) is 13.1. The maximum Gasteiger partial charge on any atom is 0.326 e. The quantitative estimate of drug-likeness (QED) is 0.195. The molecule has 6 heteroatoms. The summed E-state index contributed by atoms with van der Waals surface area (Å²) in [5.41, 5.74) is 2.43. The summed E-state index contributed by atoms with van der Waals surface area (Å²) in [6.07, 6.45) is 10.5. The van der Waals surface area contributed by atoms with Crippen molar-refractivity contribution < 1.29 is 18.7 Å². The van der Waals surface area contributed by atoms with E-state index in [1.54, 1.807) is 7.11 Å². The molecule has 0 fully saturated rings. The van der Waals surface area contributed by atoms with Crippen molar-refractivity contribution in [2.45, 2.75) is 104 Å². The van der Waals surface area contributed by atoms with Crippen molar-refractivity contribution in [3.05, 3.63) is 35.5 Å². The van der Waals surface area contributed by atoms with E-state index in [2.05, 4.69) is 67.5 Å². The molecule has 0 aromatic heterocycles. The Morgan fingerprint density at radius 1 is 1.14 bits per heavy atom. The van der Waals surface area contributed by atoms with Crippen LogP contribution in [-0.4, -0.2) is 41.2 Å². The van der Waals surface area contributed by atoms with Crippen LogP contribution >= 0.6 is 0 Å². The Bertz CT molecular complexity index is 799. The zero-order valence-corrected chi connectivity index (χ0v) is 24.8. The average Bonchev–Trinajstić information content (AvgIpc) is 2.81. The number of hydrogen-bond acceptors (Lipinski definition) is 5. The molecule has 0 bridgehead atoms. The SMILES string of the molecule is COC/C1=C(\C)CC[C@H](O[Si](C(C)C)(C(C)C)C(C)C)[C@@H](C)/C=C/C=C\C[C@@](C#N)(C(=O)OC)C1. The number of nitriles is 1. The molecule has 0 unspecified atom stereocenters. The van der Waals surface area contributed by atoms with Gasteiger partial charge < -0.3 is 13.9 Å². The summed E-state index contributed by atoms with van der Waals surface area (Å²) in [4.78, 5) is 12.7. The van der Waals surface area contributed by atoms with Gasteiger partial charge in [0.2, 0.25) is 8.32 Å². The molecule has 35 heavy (non-hydrogen) atoms. The van der Waals surface area contributed by atoms with Crippen LogP contribution in [0.5, 0.6) is 0 Å². The minimum Gasteiger partial charge on any atom is -0.468 e. The Kier molecular flexibility index (Phi) is 12.7. The molecule has 0 N–H and O–H groups in total. The Labute approximate surface area is 215 Å². The van der Waals surface area contributed by atoms with Crippen molar-refractivity contribution >= 4 is 14.3 Å². The first-order valence-corrected chi connectivity index (χ1v) is 15.2. The van der Waals surface area contributed by atoms with Gasteiger partial charge in [-0.25, -0.2) is 0 Å². The minimum atomic E-state index is -2.06. The maximum absolute atomic E-state index is 12.7. The molecule has 0 saturated heterocycles. The van der Waals surface area contributed by atoms with Crippen molar-refractivity contribution in [2.24, 2.45) is 11.3 Å². The molecule has 0 saturated carbocycles. The first kappa shape index (κ1) is 31.3.